The molecule has 0 aliphatic rings. The van der Waals surface area contributed by atoms with E-state index in [0.717, 1.165) is 12.1 Å². The van der Waals surface area contributed by atoms with E-state index in [1.54, 1.807) is 11.6 Å². The minimum absolute atomic E-state index is 0.196. The van der Waals surface area contributed by atoms with Gasteiger partial charge in [0.2, 0.25) is 5.28 Å². The molecule has 2 aromatic rings. The van der Waals surface area contributed by atoms with Crippen LogP contribution in [0.5, 0.6) is 0 Å². The molecule has 0 saturated heterocycles. The van der Waals surface area contributed by atoms with Crippen molar-refractivity contribution in [2.45, 2.75) is 13.3 Å². The molecule has 0 fully saturated rings. The average Bonchev–Trinajstić information content (AvgIpc) is 2.71. The van der Waals surface area contributed by atoms with E-state index in [0.29, 0.717) is 23.7 Å². The first-order valence-corrected chi connectivity index (χ1v) is 5.96. The van der Waals surface area contributed by atoms with Crippen LogP contribution in [-0.4, -0.2) is 26.3 Å². The minimum atomic E-state index is 0.196. The summed E-state index contributed by atoms with van der Waals surface area (Å²) in [6.45, 7) is 2.49. The Kier molecular flexibility index (Phi) is 3.66. The van der Waals surface area contributed by atoms with Crippen LogP contribution in [0.2, 0.25) is 5.28 Å². The second-order valence-corrected chi connectivity index (χ2v) is 4.34. The molecule has 2 aromatic heterocycles. The third-order valence-corrected chi connectivity index (χ3v) is 2.72. The fourth-order valence-electron chi connectivity index (χ4n) is 1.59. The van der Waals surface area contributed by atoms with Crippen molar-refractivity contribution in [1.82, 2.24) is 19.7 Å². The summed E-state index contributed by atoms with van der Waals surface area (Å²) in [5.74, 6) is 0.573. The van der Waals surface area contributed by atoms with Gasteiger partial charge in [0, 0.05) is 26.2 Å². The summed E-state index contributed by atoms with van der Waals surface area (Å²) in [5.41, 5.74) is 8.09. The predicted molar refractivity (Wildman–Crippen MR) is 71.6 cm³/mol. The number of nitrogens with two attached hydrogens (primary N) is 1. The number of halogens is 1. The Hall–Kier alpha value is -1.82. The summed E-state index contributed by atoms with van der Waals surface area (Å²) >= 11 is 5.79. The third kappa shape index (κ3) is 2.89. The molecule has 0 spiro atoms. The molecule has 0 aliphatic heterocycles. The smallest absolute Gasteiger partial charge is 0.224 e. The van der Waals surface area contributed by atoms with Crippen molar-refractivity contribution in [2.24, 2.45) is 7.05 Å². The number of hydrogen-bond acceptors (Lipinski definition) is 5. The molecule has 0 aromatic carbocycles. The van der Waals surface area contributed by atoms with Gasteiger partial charge < -0.3 is 11.1 Å². The van der Waals surface area contributed by atoms with E-state index in [2.05, 4.69) is 20.4 Å². The van der Waals surface area contributed by atoms with E-state index in [9.17, 15) is 0 Å². The van der Waals surface area contributed by atoms with Gasteiger partial charge in [-0.05, 0) is 24.6 Å². The third-order valence-electron chi connectivity index (χ3n) is 2.55. The van der Waals surface area contributed by atoms with Crippen molar-refractivity contribution in [3.8, 4) is 0 Å². The summed E-state index contributed by atoms with van der Waals surface area (Å²) in [6.07, 6.45) is 2.70. The second-order valence-electron chi connectivity index (χ2n) is 4.00. The van der Waals surface area contributed by atoms with Crippen LogP contribution in [0.1, 0.15) is 11.4 Å². The first-order chi connectivity index (χ1) is 8.56. The van der Waals surface area contributed by atoms with Gasteiger partial charge in [-0.1, -0.05) is 0 Å². The summed E-state index contributed by atoms with van der Waals surface area (Å²) in [7, 11) is 1.89. The van der Waals surface area contributed by atoms with Crippen LogP contribution in [0.4, 0.5) is 11.5 Å². The number of hydrogen-bond donors (Lipinski definition) is 2. The quantitative estimate of drug-likeness (QED) is 0.818. The molecule has 6 nitrogen and oxygen atoms in total. The molecule has 0 radical (unpaired) electrons. The van der Waals surface area contributed by atoms with E-state index < -0.39 is 0 Å². The van der Waals surface area contributed by atoms with Crippen LogP contribution in [0, 0.1) is 6.92 Å². The summed E-state index contributed by atoms with van der Waals surface area (Å²) in [5, 5.41) is 7.62. The highest BCUT2D eigenvalue weighted by atomic mass is 35.5. The van der Waals surface area contributed by atoms with Crippen molar-refractivity contribution in [2.75, 3.05) is 17.6 Å². The maximum absolute atomic E-state index is 5.87. The maximum atomic E-state index is 5.87. The van der Waals surface area contributed by atoms with E-state index in [4.69, 9.17) is 17.3 Å². The van der Waals surface area contributed by atoms with Crippen molar-refractivity contribution in [3.05, 3.63) is 28.9 Å². The molecule has 2 heterocycles. The number of aromatic nitrogens is 4. The van der Waals surface area contributed by atoms with Crippen molar-refractivity contribution >= 4 is 23.1 Å². The summed E-state index contributed by atoms with van der Waals surface area (Å²) in [4.78, 5) is 8.04. The van der Waals surface area contributed by atoms with Gasteiger partial charge in [-0.3, -0.25) is 4.68 Å². The highest BCUT2D eigenvalue weighted by molar-refractivity contribution is 6.28. The Morgan fingerprint density at radius 2 is 2.22 bits per heavy atom. The predicted octanol–water partition coefficient (Wildman–Crippen LogP) is 1.41. The van der Waals surface area contributed by atoms with Crippen LogP contribution in [-0.2, 0) is 13.5 Å². The molecular formula is C11H15ClN6. The molecule has 96 valence electrons. The molecule has 0 unspecified atom stereocenters. The van der Waals surface area contributed by atoms with Gasteiger partial charge in [0.1, 0.15) is 0 Å². The lowest BCUT2D eigenvalue weighted by Gasteiger charge is -2.09. The number of nitrogens with one attached hydrogen (secondary N) is 1. The monoisotopic (exact) mass is 266 g/mol. The standard InChI is InChI=1S/C11H15ClN6/c1-7-9(13)10(16-11(12)15-7)14-5-3-8-4-6-18(2)17-8/h4,6H,3,5,13H2,1-2H3,(H,14,15,16). The Labute approximate surface area is 110 Å². The van der Waals surface area contributed by atoms with Crippen LogP contribution in [0.25, 0.3) is 0 Å². The molecule has 0 aliphatic carbocycles. The van der Waals surface area contributed by atoms with Gasteiger partial charge in [0.15, 0.2) is 5.82 Å². The Balaban J connectivity index is 1.98. The Morgan fingerprint density at radius 1 is 1.44 bits per heavy atom. The SMILES string of the molecule is Cc1nc(Cl)nc(NCCc2ccn(C)n2)c1N. The molecular weight excluding hydrogens is 252 g/mol. The lowest BCUT2D eigenvalue weighted by molar-refractivity contribution is 0.742. The van der Waals surface area contributed by atoms with Crippen LogP contribution in [0.3, 0.4) is 0 Å². The van der Waals surface area contributed by atoms with E-state index >= 15 is 0 Å². The Bertz CT molecular complexity index is 550. The fourth-order valence-corrected chi connectivity index (χ4v) is 1.80. The molecule has 0 saturated carbocycles. The minimum Gasteiger partial charge on any atom is -0.394 e. The lowest BCUT2D eigenvalue weighted by Crippen LogP contribution is -2.11. The van der Waals surface area contributed by atoms with Gasteiger partial charge >= 0.3 is 0 Å². The van der Waals surface area contributed by atoms with Gasteiger partial charge in [-0.2, -0.15) is 10.1 Å². The zero-order valence-corrected chi connectivity index (χ0v) is 11.1. The topological polar surface area (TPSA) is 81.7 Å². The second kappa shape index (κ2) is 5.22. The zero-order chi connectivity index (χ0) is 13.1. The van der Waals surface area contributed by atoms with E-state index in [-0.39, 0.29) is 5.28 Å². The highest BCUT2D eigenvalue weighted by Crippen LogP contribution is 2.20. The average molecular weight is 267 g/mol. The molecule has 7 heteroatoms. The first-order valence-electron chi connectivity index (χ1n) is 5.58. The van der Waals surface area contributed by atoms with Gasteiger partial charge in [0.05, 0.1) is 17.1 Å². The summed E-state index contributed by atoms with van der Waals surface area (Å²) < 4.78 is 1.77. The summed E-state index contributed by atoms with van der Waals surface area (Å²) in [6, 6.07) is 1.98. The number of anilines is 2. The number of nitrogen functional groups attached to an aromatic ring is 1. The van der Waals surface area contributed by atoms with Crippen molar-refractivity contribution in [3.63, 3.8) is 0 Å². The zero-order valence-electron chi connectivity index (χ0n) is 10.3. The van der Waals surface area contributed by atoms with Crippen LogP contribution in [0.15, 0.2) is 12.3 Å². The van der Waals surface area contributed by atoms with E-state index in [1.165, 1.54) is 0 Å². The number of nitrogens with zero attached hydrogens (tertiary/aromatic N) is 4. The lowest BCUT2D eigenvalue weighted by atomic mass is 10.3. The van der Waals surface area contributed by atoms with Crippen molar-refractivity contribution < 1.29 is 0 Å². The largest absolute Gasteiger partial charge is 0.394 e. The molecule has 2 rings (SSSR count). The Morgan fingerprint density at radius 3 is 2.89 bits per heavy atom. The van der Waals surface area contributed by atoms with Crippen molar-refractivity contribution in [1.29, 1.82) is 0 Å². The maximum Gasteiger partial charge on any atom is 0.224 e. The highest BCUT2D eigenvalue weighted by Gasteiger charge is 2.07. The van der Waals surface area contributed by atoms with Gasteiger partial charge in [0.25, 0.3) is 0 Å². The molecule has 0 atom stereocenters. The molecule has 0 bridgehead atoms. The molecule has 18 heavy (non-hydrogen) atoms. The van der Waals surface area contributed by atoms with Crippen LogP contribution < -0.4 is 11.1 Å². The molecule has 0 amide bonds. The first kappa shape index (κ1) is 12.6. The van der Waals surface area contributed by atoms with E-state index in [1.807, 2.05) is 19.3 Å². The fraction of sp³-hybridized carbons (Fsp3) is 0.364. The number of rotatable bonds is 4. The normalized spacial score (nSPS) is 10.6. The molecule has 3 N–H and O–H groups in total. The van der Waals surface area contributed by atoms with Gasteiger partial charge in [-0.25, -0.2) is 4.98 Å². The van der Waals surface area contributed by atoms with Gasteiger partial charge in [-0.15, -0.1) is 0 Å². The number of aryl methyl sites for hydroxylation is 2. The van der Waals surface area contributed by atoms with Crippen LogP contribution >= 0.6 is 11.6 Å².